The number of hydrogen-bond donors (Lipinski definition) is 3. The van der Waals surface area contributed by atoms with Crippen molar-refractivity contribution in [3.8, 4) is 40.1 Å². The molecular formula is C25H20N6O. The zero-order valence-electron chi connectivity index (χ0n) is 17.3. The van der Waals surface area contributed by atoms with Crippen molar-refractivity contribution >= 4 is 5.69 Å². The van der Waals surface area contributed by atoms with Crippen LogP contribution in [0.4, 0.5) is 5.69 Å². The van der Waals surface area contributed by atoms with Gasteiger partial charge in [0.2, 0.25) is 0 Å². The van der Waals surface area contributed by atoms with E-state index in [9.17, 15) is 5.26 Å². The minimum atomic E-state index is -0.399. The van der Waals surface area contributed by atoms with Crippen LogP contribution in [0.15, 0.2) is 73.1 Å². The number of para-hydroxylation sites is 1. The number of nitrogens with zero attached hydrogens (tertiary/aromatic N) is 3. The van der Waals surface area contributed by atoms with E-state index in [2.05, 4.69) is 21.9 Å². The molecule has 7 nitrogen and oxygen atoms in total. The SMILES string of the molecule is Cc1c(-c2cncc(C#N)c2)nc(-c2ccc(Oc3ccccc3)cc2)c2c1NNC2N. The molecule has 2 aromatic heterocycles. The lowest BCUT2D eigenvalue weighted by Crippen LogP contribution is -2.25. The number of fused-ring (bicyclic) bond motifs is 1. The molecular weight excluding hydrogens is 400 g/mol. The highest BCUT2D eigenvalue weighted by Crippen LogP contribution is 2.40. The Morgan fingerprint density at radius 2 is 1.72 bits per heavy atom. The molecule has 3 heterocycles. The summed E-state index contributed by atoms with van der Waals surface area (Å²) in [5, 5.41) is 9.27. The minimum absolute atomic E-state index is 0.399. The van der Waals surface area contributed by atoms with Crippen molar-refractivity contribution in [3.05, 3.63) is 89.7 Å². The molecule has 2 aromatic carbocycles. The van der Waals surface area contributed by atoms with Gasteiger partial charge in [-0.15, -0.1) is 0 Å². The third-order valence-corrected chi connectivity index (χ3v) is 5.39. The number of nitriles is 1. The van der Waals surface area contributed by atoms with Crippen molar-refractivity contribution < 1.29 is 4.74 Å². The first-order chi connectivity index (χ1) is 15.6. The zero-order chi connectivity index (χ0) is 22.1. The van der Waals surface area contributed by atoms with Gasteiger partial charge in [-0.2, -0.15) is 5.26 Å². The van der Waals surface area contributed by atoms with E-state index in [0.29, 0.717) is 5.56 Å². The molecule has 1 aliphatic heterocycles. The molecule has 0 saturated heterocycles. The second-order valence-electron chi connectivity index (χ2n) is 7.48. The summed E-state index contributed by atoms with van der Waals surface area (Å²) in [5.74, 6) is 1.51. The summed E-state index contributed by atoms with van der Waals surface area (Å²) in [6, 6.07) is 21.3. The lowest BCUT2D eigenvalue weighted by Gasteiger charge is -2.16. The summed E-state index contributed by atoms with van der Waals surface area (Å²) < 4.78 is 5.91. The van der Waals surface area contributed by atoms with Gasteiger partial charge in [0.25, 0.3) is 0 Å². The van der Waals surface area contributed by atoms with Gasteiger partial charge >= 0.3 is 0 Å². The molecule has 0 bridgehead atoms. The van der Waals surface area contributed by atoms with Crippen molar-refractivity contribution in [3.63, 3.8) is 0 Å². The average Bonchev–Trinajstić information content (AvgIpc) is 3.23. The number of hydrogen-bond acceptors (Lipinski definition) is 7. The smallest absolute Gasteiger partial charge is 0.127 e. The molecule has 4 aromatic rings. The fourth-order valence-electron chi connectivity index (χ4n) is 3.82. The van der Waals surface area contributed by atoms with E-state index in [4.69, 9.17) is 15.5 Å². The lowest BCUT2D eigenvalue weighted by molar-refractivity contribution is 0.483. The highest BCUT2D eigenvalue weighted by molar-refractivity contribution is 5.82. The second kappa shape index (κ2) is 8.12. The topological polar surface area (TPSA) is 109 Å². The number of pyridine rings is 2. The first-order valence-corrected chi connectivity index (χ1v) is 10.1. The van der Waals surface area contributed by atoms with Crippen molar-refractivity contribution in [2.45, 2.75) is 13.1 Å². The van der Waals surface area contributed by atoms with Crippen LogP contribution in [0.2, 0.25) is 0 Å². The molecule has 1 aliphatic rings. The third kappa shape index (κ3) is 3.54. The largest absolute Gasteiger partial charge is 0.457 e. The fourth-order valence-corrected chi connectivity index (χ4v) is 3.82. The van der Waals surface area contributed by atoms with Crippen LogP contribution in [0.25, 0.3) is 22.5 Å². The summed E-state index contributed by atoms with van der Waals surface area (Å²) >= 11 is 0. The molecule has 156 valence electrons. The normalized spacial score (nSPS) is 14.3. The Labute approximate surface area is 185 Å². The van der Waals surface area contributed by atoms with Gasteiger partial charge in [-0.25, -0.2) is 10.4 Å². The van der Waals surface area contributed by atoms with Gasteiger partial charge in [-0.05, 0) is 49.4 Å². The Hall–Kier alpha value is -4.25. The molecule has 1 atom stereocenters. The fraction of sp³-hybridized carbons (Fsp3) is 0.0800. The number of aromatic nitrogens is 2. The predicted octanol–water partition coefficient (Wildman–Crippen LogP) is 4.67. The van der Waals surface area contributed by atoms with Crippen molar-refractivity contribution in [2.75, 3.05) is 5.43 Å². The van der Waals surface area contributed by atoms with Crippen LogP contribution in [0.1, 0.15) is 22.9 Å². The summed E-state index contributed by atoms with van der Waals surface area (Å²) in [6.45, 7) is 1.98. The van der Waals surface area contributed by atoms with Gasteiger partial charge in [0.05, 0.1) is 22.6 Å². The predicted molar refractivity (Wildman–Crippen MR) is 123 cm³/mol. The van der Waals surface area contributed by atoms with E-state index in [0.717, 1.165) is 50.8 Å². The van der Waals surface area contributed by atoms with E-state index in [1.165, 1.54) is 6.20 Å². The minimum Gasteiger partial charge on any atom is -0.457 e. The van der Waals surface area contributed by atoms with Crippen molar-refractivity contribution in [1.29, 1.82) is 5.26 Å². The van der Waals surface area contributed by atoms with Crippen LogP contribution in [0, 0.1) is 18.3 Å². The van der Waals surface area contributed by atoms with E-state index < -0.39 is 6.17 Å². The Bertz CT molecular complexity index is 1330. The third-order valence-electron chi connectivity index (χ3n) is 5.39. The monoisotopic (exact) mass is 420 g/mol. The number of nitrogens with one attached hydrogen (secondary N) is 2. The molecule has 1 unspecified atom stereocenters. The van der Waals surface area contributed by atoms with E-state index in [1.54, 1.807) is 12.3 Å². The van der Waals surface area contributed by atoms with Crippen LogP contribution in [0.5, 0.6) is 11.5 Å². The quantitative estimate of drug-likeness (QED) is 0.440. The first kappa shape index (κ1) is 19.7. The number of rotatable bonds is 4. The summed E-state index contributed by atoms with van der Waals surface area (Å²) in [6.07, 6.45) is 2.85. The first-order valence-electron chi connectivity index (χ1n) is 10.1. The van der Waals surface area contributed by atoms with E-state index >= 15 is 0 Å². The van der Waals surface area contributed by atoms with E-state index in [1.807, 2.05) is 61.5 Å². The Kier molecular flexibility index (Phi) is 5.00. The van der Waals surface area contributed by atoms with Crippen LogP contribution in [0.3, 0.4) is 0 Å². The number of hydrazine groups is 1. The van der Waals surface area contributed by atoms with Crippen molar-refractivity contribution in [1.82, 2.24) is 15.4 Å². The van der Waals surface area contributed by atoms with Gasteiger partial charge in [0.15, 0.2) is 0 Å². The zero-order valence-corrected chi connectivity index (χ0v) is 17.3. The molecule has 7 heteroatoms. The molecule has 0 aliphatic carbocycles. The highest BCUT2D eigenvalue weighted by Gasteiger charge is 2.28. The maximum absolute atomic E-state index is 9.27. The molecule has 0 amide bonds. The van der Waals surface area contributed by atoms with Gasteiger partial charge in [-0.3, -0.25) is 4.98 Å². The molecule has 0 spiro atoms. The number of anilines is 1. The van der Waals surface area contributed by atoms with Crippen LogP contribution >= 0.6 is 0 Å². The summed E-state index contributed by atoms with van der Waals surface area (Å²) in [5.41, 5.74) is 19.0. The second-order valence-corrected chi connectivity index (χ2v) is 7.48. The Morgan fingerprint density at radius 1 is 0.969 bits per heavy atom. The van der Waals surface area contributed by atoms with Crippen LogP contribution < -0.4 is 21.3 Å². The van der Waals surface area contributed by atoms with E-state index in [-0.39, 0.29) is 0 Å². The summed E-state index contributed by atoms with van der Waals surface area (Å²) in [7, 11) is 0. The van der Waals surface area contributed by atoms with Gasteiger partial charge < -0.3 is 15.9 Å². The maximum Gasteiger partial charge on any atom is 0.127 e. The molecule has 0 radical (unpaired) electrons. The Morgan fingerprint density at radius 3 is 2.47 bits per heavy atom. The number of ether oxygens (including phenoxy) is 1. The molecule has 4 N–H and O–H groups in total. The maximum atomic E-state index is 9.27. The number of nitrogens with two attached hydrogens (primary N) is 1. The standard InChI is InChI=1S/C25H20N6O/c1-15-22(18-11-16(12-26)13-28-14-18)29-24(21-23(15)30-31-25(21)27)17-7-9-20(10-8-17)32-19-5-3-2-4-6-19/h2-11,13-14,25,30-31H,27H2,1H3. The molecule has 0 fully saturated rings. The average molecular weight is 420 g/mol. The van der Waals surface area contributed by atoms with Crippen molar-refractivity contribution in [2.24, 2.45) is 5.73 Å². The Balaban J connectivity index is 1.59. The summed E-state index contributed by atoms with van der Waals surface area (Å²) in [4.78, 5) is 9.17. The lowest BCUT2D eigenvalue weighted by atomic mass is 9.97. The molecule has 5 rings (SSSR count). The van der Waals surface area contributed by atoms with Crippen LogP contribution in [-0.4, -0.2) is 9.97 Å². The van der Waals surface area contributed by atoms with Gasteiger partial charge in [0, 0.05) is 34.6 Å². The van der Waals surface area contributed by atoms with Crippen LogP contribution in [-0.2, 0) is 0 Å². The molecule has 32 heavy (non-hydrogen) atoms. The number of benzene rings is 2. The van der Waals surface area contributed by atoms with Gasteiger partial charge in [0.1, 0.15) is 23.7 Å². The highest BCUT2D eigenvalue weighted by atomic mass is 16.5. The van der Waals surface area contributed by atoms with Gasteiger partial charge in [-0.1, -0.05) is 18.2 Å². The molecule has 0 saturated carbocycles.